The fraction of sp³-hybridized carbons (Fsp3) is 0.833. The fourth-order valence-corrected chi connectivity index (χ4v) is 0.622. The maximum absolute atomic E-state index is 5.02. The Morgan fingerprint density at radius 1 is 1.67 bits per heavy atom. The number of hydrogen-bond donors (Lipinski definition) is 1. The Kier molecular flexibility index (Phi) is 1.71. The van der Waals surface area contributed by atoms with Gasteiger partial charge in [0.1, 0.15) is 0 Å². The molecule has 1 heterocycles. The van der Waals surface area contributed by atoms with E-state index in [4.69, 9.17) is 4.74 Å². The average Bonchev–Trinajstić information content (AvgIpc) is 2.45. The molecule has 0 amide bonds. The average molecular weight is 128 g/mol. The summed E-state index contributed by atoms with van der Waals surface area (Å²) >= 11 is 0. The molecule has 52 valence electrons. The van der Waals surface area contributed by atoms with Crippen molar-refractivity contribution in [3.8, 4) is 0 Å². The van der Waals surface area contributed by atoms with Gasteiger partial charge >= 0.3 is 0 Å². The van der Waals surface area contributed by atoms with Crippen LogP contribution in [-0.4, -0.2) is 25.2 Å². The fourth-order valence-electron chi connectivity index (χ4n) is 0.622. The van der Waals surface area contributed by atoms with E-state index in [0.29, 0.717) is 6.04 Å². The summed E-state index contributed by atoms with van der Waals surface area (Å²) in [5.74, 6) is 0.840. The van der Waals surface area contributed by atoms with Crippen molar-refractivity contribution in [1.82, 2.24) is 5.32 Å². The molecule has 1 N–H and O–H groups in total. The summed E-state index contributed by atoms with van der Waals surface area (Å²) in [6.07, 6.45) is 0.104. The topological polar surface area (TPSA) is 36.9 Å². The first-order valence-corrected chi connectivity index (χ1v) is 3.15. The van der Waals surface area contributed by atoms with Crippen LogP contribution in [0, 0.1) is 0 Å². The summed E-state index contributed by atoms with van der Waals surface area (Å²) in [7, 11) is 1.85. The molecule has 0 radical (unpaired) electrons. The second-order valence-corrected chi connectivity index (χ2v) is 2.35. The minimum Gasteiger partial charge on any atom is -0.449 e. The van der Waals surface area contributed by atoms with Crippen LogP contribution in [0.5, 0.6) is 0 Å². The number of nitrogens with one attached hydrogen (secondary N) is 1. The van der Waals surface area contributed by atoms with Crippen molar-refractivity contribution in [2.45, 2.75) is 26.1 Å². The zero-order valence-corrected chi connectivity index (χ0v) is 6.01. The molecular formula is C6H12N2O. The van der Waals surface area contributed by atoms with Crippen molar-refractivity contribution in [2.24, 2.45) is 4.99 Å². The summed E-state index contributed by atoms with van der Waals surface area (Å²) in [5.41, 5.74) is 0. The van der Waals surface area contributed by atoms with Crippen LogP contribution in [0.3, 0.4) is 0 Å². The van der Waals surface area contributed by atoms with E-state index in [1.54, 1.807) is 0 Å². The lowest BCUT2D eigenvalue weighted by Crippen LogP contribution is -2.11. The van der Waals surface area contributed by atoms with Gasteiger partial charge in [-0.2, -0.15) is 0 Å². The van der Waals surface area contributed by atoms with Gasteiger partial charge in [-0.15, -0.1) is 0 Å². The predicted octanol–water partition coefficient (Wildman–Crippen LogP) is 0.369. The van der Waals surface area contributed by atoms with Crippen LogP contribution in [0.2, 0.25) is 0 Å². The van der Waals surface area contributed by atoms with Crippen molar-refractivity contribution < 1.29 is 4.74 Å². The van der Waals surface area contributed by atoms with E-state index in [9.17, 15) is 0 Å². The molecular weight excluding hydrogens is 116 g/mol. The zero-order valence-electron chi connectivity index (χ0n) is 6.01. The molecule has 0 aromatic heterocycles. The van der Waals surface area contributed by atoms with Gasteiger partial charge in [0, 0.05) is 6.04 Å². The number of nitrogens with zero attached hydrogens (tertiary/aromatic N) is 1. The number of ether oxygens (including phenoxy) is 1. The van der Waals surface area contributed by atoms with Gasteiger partial charge in [-0.05, 0) is 20.9 Å². The molecule has 0 aromatic carbocycles. The van der Waals surface area contributed by atoms with Crippen LogP contribution in [0.15, 0.2) is 4.99 Å². The first-order valence-electron chi connectivity index (χ1n) is 3.15. The summed E-state index contributed by atoms with van der Waals surface area (Å²) in [6, 6.07) is 0.346. The monoisotopic (exact) mass is 128 g/mol. The Balaban J connectivity index is 2.31. The standard InChI is InChI=1S/C6H12N2O/c1-4(2)8-6-5(7-3)9-6/h4-5,7H,1-3H3. The molecule has 1 aliphatic heterocycles. The summed E-state index contributed by atoms with van der Waals surface area (Å²) in [6.45, 7) is 4.06. The van der Waals surface area contributed by atoms with Crippen molar-refractivity contribution in [3.63, 3.8) is 0 Å². The summed E-state index contributed by atoms with van der Waals surface area (Å²) in [5, 5.41) is 2.94. The third kappa shape index (κ3) is 1.68. The normalized spacial score (nSPS) is 28.9. The number of aliphatic imine (C=N–C) groups is 1. The molecule has 0 aliphatic carbocycles. The van der Waals surface area contributed by atoms with Crippen molar-refractivity contribution in [2.75, 3.05) is 7.05 Å². The molecule has 1 fully saturated rings. The van der Waals surface area contributed by atoms with E-state index >= 15 is 0 Å². The van der Waals surface area contributed by atoms with E-state index in [1.807, 2.05) is 20.9 Å². The van der Waals surface area contributed by atoms with Crippen LogP contribution in [0.1, 0.15) is 13.8 Å². The Morgan fingerprint density at radius 2 is 2.33 bits per heavy atom. The molecule has 1 atom stereocenters. The van der Waals surface area contributed by atoms with Crippen LogP contribution >= 0.6 is 0 Å². The number of epoxide rings is 1. The molecule has 0 spiro atoms. The lowest BCUT2D eigenvalue weighted by molar-refractivity contribution is 0.412. The lowest BCUT2D eigenvalue weighted by Gasteiger charge is -1.87. The Labute approximate surface area is 55.1 Å². The summed E-state index contributed by atoms with van der Waals surface area (Å²) in [4.78, 5) is 4.17. The van der Waals surface area contributed by atoms with Gasteiger partial charge in [-0.1, -0.05) is 0 Å². The highest BCUT2D eigenvalue weighted by Gasteiger charge is 2.33. The van der Waals surface area contributed by atoms with Crippen LogP contribution < -0.4 is 5.32 Å². The third-order valence-corrected chi connectivity index (χ3v) is 1.05. The number of likely N-dealkylation sites (N-methyl/N-ethyl adjacent to an activating group) is 1. The molecule has 3 heteroatoms. The van der Waals surface area contributed by atoms with Crippen molar-refractivity contribution in [3.05, 3.63) is 0 Å². The Bertz CT molecular complexity index is 131. The second-order valence-electron chi connectivity index (χ2n) is 2.35. The minimum absolute atomic E-state index is 0.104. The SMILES string of the molecule is CNC1OC1=NC(C)C. The molecule has 0 bridgehead atoms. The maximum Gasteiger partial charge on any atom is 0.244 e. The molecule has 1 unspecified atom stereocenters. The molecule has 1 rings (SSSR count). The highest BCUT2D eigenvalue weighted by atomic mass is 16.6. The van der Waals surface area contributed by atoms with Crippen LogP contribution in [0.4, 0.5) is 0 Å². The van der Waals surface area contributed by atoms with Crippen molar-refractivity contribution in [1.29, 1.82) is 0 Å². The Morgan fingerprint density at radius 3 is 2.67 bits per heavy atom. The molecule has 0 aromatic rings. The number of rotatable bonds is 2. The van der Waals surface area contributed by atoms with Gasteiger partial charge in [0.05, 0.1) is 0 Å². The maximum atomic E-state index is 5.02. The number of hydrogen-bond acceptors (Lipinski definition) is 3. The van der Waals surface area contributed by atoms with E-state index in [0.717, 1.165) is 5.90 Å². The third-order valence-electron chi connectivity index (χ3n) is 1.05. The zero-order chi connectivity index (χ0) is 6.85. The van der Waals surface area contributed by atoms with Crippen LogP contribution in [-0.2, 0) is 4.74 Å². The van der Waals surface area contributed by atoms with Gasteiger partial charge in [0.15, 0.2) is 0 Å². The van der Waals surface area contributed by atoms with Gasteiger partial charge in [-0.3, -0.25) is 5.32 Å². The Hall–Kier alpha value is -0.570. The molecule has 1 aliphatic rings. The summed E-state index contributed by atoms with van der Waals surface area (Å²) < 4.78 is 5.02. The van der Waals surface area contributed by atoms with E-state index in [2.05, 4.69) is 10.3 Å². The lowest BCUT2D eigenvalue weighted by atomic mass is 10.4. The minimum atomic E-state index is 0.104. The highest BCUT2D eigenvalue weighted by molar-refractivity contribution is 5.92. The van der Waals surface area contributed by atoms with Gasteiger partial charge in [0.2, 0.25) is 12.1 Å². The molecule has 0 saturated carbocycles. The quantitative estimate of drug-likeness (QED) is 0.545. The largest absolute Gasteiger partial charge is 0.449 e. The molecule has 1 saturated heterocycles. The first kappa shape index (κ1) is 6.55. The van der Waals surface area contributed by atoms with E-state index < -0.39 is 0 Å². The first-order chi connectivity index (χ1) is 4.24. The van der Waals surface area contributed by atoms with Crippen LogP contribution in [0.25, 0.3) is 0 Å². The second kappa shape index (κ2) is 2.35. The van der Waals surface area contributed by atoms with E-state index in [1.165, 1.54) is 0 Å². The van der Waals surface area contributed by atoms with Crippen molar-refractivity contribution >= 4 is 5.90 Å². The molecule has 9 heavy (non-hydrogen) atoms. The predicted molar refractivity (Wildman–Crippen MR) is 36.5 cm³/mol. The highest BCUT2D eigenvalue weighted by Crippen LogP contribution is 2.11. The van der Waals surface area contributed by atoms with Gasteiger partial charge in [-0.25, -0.2) is 4.99 Å². The van der Waals surface area contributed by atoms with Gasteiger partial charge < -0.3 is 4.74 Å². The van der Waals surface area contributed by atoms with Gasteiger partial charge in [0.25, 0.3) is 0 Å². The molecule has 3 nitrogen and oxygen atoms in total. The smallest absolute Gasteiger partial charge is 0.244 e. The van der Waals surface area contributed by atoms with E-state index in [-0.39, 0.29) is 6.23 Å².